The minimum Gasteiger partial charge on any atom is -0.312 e. The van der Waals surface area contributed by atoms with Crippen LogP contribution < -0.4 is 5.32 Å². The van der Waals surface area contributed by atoms with Crippen molar-refractivity contribution in [2.75, 3.05) is 18.6 Å². The van der Waals surface area contributed by atoms with Gasteiger partial charge in [-0.05, 0) is 19.4 Å². The summed E-state index contributed by atoms with van der Waals surface area (Å²) in [5, 5.41) is 3.13. The molecule has 0 aromatic heterocycles. The Morgan fingerprint density at radius 1 is 1.12 bits per heavy atom. The van der Waals surface area contributed by atoms with E-state index in [1.807, 2.05) is 0 Å². The number of aryl methyl sites for hydroxylation is 2. The molecule has 0 amide bonds. The van der Waals surface area contributed by atoms with E-state index < -0.39 is 9.84 Å². The number of hydrogen-bond acceptors (Lipinski definition) is 3. The maximum absolute atomic E-state index is 10.9. The number of rotatable bonds is 5. The summed E-state index contributed by atoms with van der Waals surface area (Å²) in [5.74, 6) is 0.192. The predicted octanol–water partition coefficient (Wildman–Crippen LogP) is 1.44. The lowest BCUT2D eigenvalue weighted by atomic mass is 10.1. The van der Waals surface area contributed by atoms with Crippen LogP contribution in [0.3, 0.4) is 0 Å². The standard InChI is InChI=1S/C12H19NO2S/c1-10-6-11(2)8-12(7-10)9-13-4-5-16(3,14)15/h6-8,13H,4-5,9H2,1-3H3. The highest BCUT2D eigenvalue weighted by molar-refractivity contribution is 7.90. The molecule has 0 spiro atoms. The highest BCUT2D eigenvalue weighted by atomic mass is 32.2. The summed E-state index contributed by atoms with van der Waals surface area (Å²) in [5.41, 5.74) is 3.67. The first-order valence-corrected chi connectivity index (χ1v) is 7.38. The molecule has 1 aromatic carbocycles. The zero-order chi connectivity index (χ0) is 12.2. The van der Waals surface area contributed by atoms with E-state index in [-0.39, 0.29) is 5.75 Å². The van der Waals surface area contributed by atoms with E-state index in [1.54, 1.807) is 0 Å². The van der Waals surface area contributed by atoms with Crippen LogP contribution in [0.1, 0.15) is 16.7 Å². The molecule has 0 atom stereocenters. The summed E-state index contributed by atoms with van der Waals surface area (Å²) in [7, 11) is -2.86. The Morgan fingerprint density at radius 2 is 1.69 bits per heavy atom. The molecule has 4 heteroatoms. The Kier molecular flexibility index (Phi) is 4.50. The SMILES string of the molecule is Cc1cc(C)cc(CNCCS(C)(=O)=O)c1. The molecule has 0 heterocycles. The van der Waals surface area contributed by atoms with Crippen LogP contribution in [0, 0.1) is 13.8 Å². The number of benzene rings is 1. The van der Waals surface area contributed by atoms with E-state index in [2.05, 4.69) is 37.4 Å². The van der Waals surface area contributed by atoms with Crippen LogP contribution in [-0.4, -0.2) is 27.0 Å². The van der Waals surface area contributed by atoms with Crippen molar-refractivity contribution in [1.82, 2.24) is 5.32 Å². The average Bonchev–Trinajstić information content (AvgIpc) is 2.09. The molecule has 0 aliphatic rings. The van der Waals surface area contributed by atoms with Crippen LogP contribution in [0.5, 0.6) is 0 Å². The molecule has 90 valence electrons. The van der Waals surface area contributed by atoms with Gasteiger partial charge in [0.2, 0.25) is 0 Å². The molecule has 0 aliphatic carbocycles. The minimum atomic E-state index is -2.86. The Hall–Kier alpha value is -0.870. The molecular formula is C12H19NO2S. The minimum absolute atomic E-state index is 0.192. The Morgan fingerprint density at radius 3 is 2.19 bits per heavy atom. The highest BCUT2D eigenvalue weighted by Crippen LogP contribution is 2.08. The fraction of sp³-hybridized carbons (Fsp3) is 0.500. The second kappa shape index (κ2) is 5.46. The number of hydrogen-bond donors (Lipinski definition) is 1. The topological polar surface area (TPSA) is 46.2 Å². The van der Waals surface area contributed by atoms with Crippen molar-refractivity contribution in [3.8, 4) is 0 Å². The lowest BCUT2D eigenvalue weighted by Gasteiger charge is -2.06. The summed E-state index contributed by atoms with van der Waals surface area (Å²) >= 11 is 0. The monoisotopic (exact) mass is 241 g/mol. The van der Waals surface area contributed by atoms with Crippen LogP contribution in [0.2, 0.25) is 0 Å². The smallest absolute Gasteiger partial charge is 0.148 e. The molecule has 3 nitrogen and oxygen atoms in total. The van der Waals surface area contributed by atoms with E-state index in [0.29, 0.717) is 6.54 Å². The van der Waals surface area contributed by atoms with Crippen molar-refractivity contribution in [1.29, 1.82) is 0 Å². The lowest BCUT2D eigenvalue weighted by Crippen LogP contribution is -2.22. The first-order chi connectivity index (χ1) is 7.37. The van der Waals surface area contributed by atoms with E-state index in [9.17, 15) is 8.42 Å². The van der Waals surface area contributed by atoms with Gasteiger partial charge in [-0.3, -0.25) is 0 Å². The van der Waals surface area contributed by atoms with E-state index >= 15 is 0 Å². The van der Waals surface area contributed by atoms with Crippen molar-refractivity contribution in [3.05, 3.63) is 34.9 Å². The molecule has 1 N–H and O–H groups in total. The van der Waals surface area contributed by atoms with Crippen LogP contribution >= 0.6 is 0 Å². The molecular weight excluding hydrogens is 222 g/mol. The molecule has 0 saturated heterocycles. The van der Waals surface area contributed by atoms with Crippen LogP contribution in [0.4, 0.5) is 0 Å². The third-order valence-corrected chi connectivity index (χ3v) is 3.21. The zero-order valence-electron chi connectivity index (χ0n) is 10.1. The van der Waals surface area contributed by atoms with Crippen LogP contribution in [-0.2, 0) is 16.4 Å². The van der Waals surface area contributed by atoms with Crippen LogP contribution in [0.15, 0.2) is 18.2 Å². The summed E-state index contributed by atoms with van der Waals surface area (Å²) in [4.78, 5) is 0. The van der Waals surface area contributed by atoms with E-state index in [0.717, 1.165) is 6.54 Å². The first kappa shape index (κ1) is 13.2. The molecule has 16 heavy (non-hydrogen) atoms. The first-order valence-electron chi connectivity index (χ1n) is 5.32. The fourth-order valence-electron chi connectivity index (χ4n) is 1.66. The highest BCUT2D eigenvalue weighted by Gasteiger charge is 2.01. The van der Waals surface area contributed by atoms with Crippen molar-refractivity contribution in [2.45, 2.75) is 20.4 Å². The molecule has 0 unspecified atom stereocenters. The van der Waals surface area contributed by atoms with Crippen molar-refractivity contribution in [2.24, 2.45) is 0 Å². The average molecular weight is 241 g/mol. The second-order valence-electron chi connectivity index (χ2n) is 4.30. The van der Waals surface area contributed by atoms with Crippen LogP contribution in [0.25, 0.3) is 0 Å². The zero-order valence-corrected chi connectivity index (χ0v) is 10.9. The van der Waals surface area contributed by atoms with Gasteiger partial charge in [0.05, 0.1) is 5.75 Å². The van der Waals surface area contributed by atoms with Gasteiger partial charge in [-0.2, -0.15) is 0 Å². The normalized spacial score (nSPS) is 11.7. The summed E-state index contributed by atoms with van der Waals surface area (Å²) in [6.07, 6.45) is 1.26. The van der Waals surface area contributed by atoms with Gasteiger partial charge < -0.3 is 5.32 Å². The maximum Gasteiger partial charge on any atom is 0.148 e. The predicted molar refractivity (Wildman–Crippen MR) is 67.3 cm³/mol. The third-order valence-electron chi connectivity index (χ3n) is 2.26. The van der Waals surface area contributed by atoms with Crippen molar-refractivity contribution >= 4 is 9.84 Å². The molecule has 0 radical (unpaired) electrons. The second-order valence-corrected chi connectivity index (χ2v) is 6.56. The number of nitrogens with one attached hydrogen (secondary N) is 1. The molecule has 0 bridgehead atoms. The lowest BCUT2D eigenvalue weighted by molar-refractivity contribution is 0.596. The molecule has 1 rings (SSSR count). The van der Waals surface area contributed by atoms with E-state index in [4.69, 9.17) is 0 Å². The van der Waals surface area contributed by atoms with Gasteiger partial charge in [-0.1, -0.05) is 29.3 Å². The van der Waals surface area contributed by atoms with Gasteiger partial charge in [0.15, 0.2) is 0 Å². The molecule has 0 saturated carbocycles. The molecule has 0 fully saturated rings. The Bertz CT molecular complexity index is 432. The van der Waals surface area contributed by atoms with E-state index in [1.165, 1.54) is 22.9 Å². The van der Waals surface area contributed by atoms with Gasteiger partial charge in [-0.25, -0.2) is 8.42 Å². The van der Waals surface area contributed by atoms with Crippen molar-refractivity contribution < 1.29 is 8.42 Å². The summed E-state index contributed by atoms with van der Waals surface area (Å²) < 4.78 is 21.8. The fourth-order valence-corrected chi connectivity index (χ4v) is 2.18. The molecule has 0 aliphatic heterocycles. The Balaban J connectivity index is 2.43. The number of sulfone groups is 1. The largest absolute Gasteiger partial charge is 0.312 e. The van der Waals surface area contributed by atoms with Gasteiger partial charge in [0.1, 0.15) is 9.84 Å². The van der Waals surface area contributed by atoms with Gasteiger partial charge in [0, 0.05) is 19.3 Å². The van der Waals surface area contributed by atoms with Gasteiger partial charge in [-0.15, -0.1) is 0 Å². The molecule has 1 aromatic rings. The van der Waals surface area contributed by atoms with Gasteiger partial charge >= 0.3 is 0 Å². The maximum atomic E-state index is 10.9. The quantitative estimate of drug-likeness (QED) is 0.793. The van der Waals surface area contributed by atoms with Crippen molar-refractivity contribution in [3.63, 3.8) is 0 Å². The third kappa shape index (κ3) is 5.28. The van der Waals surface area contributed by atoms with Gasteiger partial charge in [0.25, 0.3) is 0 Å². The Labute approximate surface area is 97.8 Å². The summed E-state index contributed by atoms with van der Waals surface area (Å²) in [6.45, 7) is 5.35. The summed E-state index contributed by atoms with van der Waals surface area (Å²) in [6, 6.07) is 6.35.